The van der Waals surface area contributed by atoms with Gasteiger partial charge in [0.1, 0.15) is 0 Å². The van der Waals surface area contributed by atoms with Gasteiger partial charge in [0.15, 0.2) is 0 Å². The molecule has 0 bridgehead atoms. The van der Waals surface area contributed by atoms with Crippen molar-refractivity contribution < 1.29 is 9.53 Å². The Kier molecular flexibility index (Phi) is 2.63. The summed E-state index contributed by atoms with van der Waals surface area (Å²) in [6.45, 7) is 0. The van der Waals surface area contributed by atoms with Gasteiger partial charge in [-0.15, -0.1) is 0 Å². The molecule has 0 aliphatic heterocycles. The zero-order valence-electron chi connectivity index (χ0n) is 8.43. The average Bonchev–Trinajstić information content (AvgIpc) is 2.29. The average molecular weight is 201 g/mol. The van der Waals surface area contributed by atoms with E-state index in [1.807, 2.05) is 36.4 Å². The Morgan fingerprint density at radius 2 is 2.07 bits per heavy atom. The van der Waals surface area contributed by atoms with Gasteiger partial charge in [-0.25, -0.2) is 0 Å². The second-order valence-corrected chi connectivity index (χ2v) is 3.25. The van der Waals surface area contributed by atoms with Crippen LogP contribution in [0.2, 0.25) is 0 Å². The van der Waals surface area contributed by atoms with Crippen molar-refractivity contribution in [2.24, 2.45) is 0 Å². The van der Waals surface area contributed by atoms with E-state index in [0.717, 1.165) is 16.6 Å². The number of nitrogens with zero attached hydrogens (tertiary/aromatic N) is 1. The van der Waals surface area contributed by atoms with Crippen LogP contribution in [0.5, 0.6) is 0 Å². The van der Waals surface area contributed by atoms with E-state index in [1.54, 1.807) is 0 Å². The van der Waals surface area contributed by atoms with Crippen molar-refractivity contribution in [3.8, 4) is 0 Å². The van der Waals surface area contributed by atoms with Gasteiger partial charge in [-0.1, -0.05) is 24.3 Å². The summed E-state index contributed by atoms with van der Waals surface area (Å²) in [4.78, 5) is 15.4. The molecule has 0 saturated heterocycles. The number of fused-ring (bicyclic) bond motifs is 1. The van der Waals surface area contributed by atoms with E-state index in [4.69, 9.17) is 0 Å². The number of carbonyl (C=O) groups excluding carboxylic acids is 1. The molecule has 1 aromatic heterocycles. The van der Waals surface area contributed by atoms with Gasteiger partial charge in [0, 0.05) is 5.39 Å². The lowest BCUT2D eigenvalue weighted by Crippen LogP contribution is -2.05. The van der Waals surface area contributed by atoms with Crippen LogP contribution in [-0.4, -0.2) is 18.1 Å². The van der Waals surface area contributed by atoms with E-state index in [1.165, 1.54) is 7.11 Å². The van der Waals surface area contributed by atoms with Gasteiger partial charge >= 0.3 is 5.97 Å². The van der Waals surface area contributed by atoms with Crippen LogP contribution in [-0.2, 0) is 16.0 Å². The summed E-state index contributed by atoms with van der Waals surface area (Å²) in [7, 11) is 1.38. The van der Waals surface area contributed by atoms with Crippen LogP contribution in [0.15, 0.2) is 36.4 Å². The molecular formula is C12H11NO2. The molecule has 1 heterocycles. The van der Waals surface area contributed by atoms with Crippen LogP contribution < -0.4 is 0 Å². The van der Waals surface area contributed by atoms with Gasteiger partial charge in [-0.3, -0.25) is 9.78 Å². The number of carbonyl (C=O) groups is 1. The molecule has 0 atom stereocenters. The monoisotopic (exact) mass is 201 g/mol. The molecule has 3 nitrogen and oxygen atoms in total. The maximum Gasteiger partial charge on any atom is 0.311 e. The molecule has 0 aliphatic rings. The normalized spacial score (nSPS) is 10.2. The molecule has 2 rings (SSSR count). The molecule has 0 radical (unpaired) electrons. The van der Waals surface area contributed by atoms with Crippen molar-refractivity contribution in [3.63, 3.8) is 0 Å². The maximum atomic E-state index is 11.1. The lowest BCUT2D eigenvalue weighted by molar-refractivity contribution is -0.139. The van der Waals surface area contributed by atoms with E-state index >= 15 is 0 Å². The summed E-state index contributed by atoms with van der Waals surface area (Å²) >= 11 is 0. The molecule has 0 fully saturated rings. The molecule has 0 amide bonds. The Morgan fingerprint density at radius 3 is 2.87 bits per heavy atom. The largest absolute Gasteiger partial charge is 0.469 e. The quantitative estimate of drug-likeness (QED) is 0.697. The fourth-order valence-electron chi connectivity index (χ4n) is 1.43. The third-order valence-electron chi connectivity index (χ3n) is 2.21. The number of benzene rings is 1. The Hall–Kier alpha value is -1.90. The lowest BCUT2D eigenvalue weighted by atomic mass is 10.2. The number of hydrogen-bond acceptors (Lipinski definition) is 3. The Bertz CT molecular complexity index is 494. The van der Waals surface area contributed by atoms with Crippen molar-refractivity contribution in [1.29, 1.82) is 0 Å². The van der Waals surface area contributed by atoms with Gasteiger partial charge in [0.25, 0.3) is 0 Å². The summed E-state index contributed by atoms with van der Waals surface area (Å²) in [5.41, 5.74) is 1.64. The van der Waals surface area contributed by atoms with Gasteiger partial charge in [0.05, 0.1) is 24.7 Å². The maximum absolute atomic E-state index is 11.1. The first-order valence-electron chi connectivity index (χ1n) is 4.71. The van der Waals surface area contributed by atoms with Crippen LogP contribution in [0.3, 0.4) is 0 Å². The van der Waals surface area contributed by atoms with Crippen LogP contribution in [0.25, 0.3) is 10.9 Å². The highest BCUT2D eigenvalue weighted by Crippen LogP contribution is 2.12. The number of methoxy groups -OCH3 is 1. The highest BCUT2D eigenvalue weighted by atomic mass is 16.5. The first kappa shape index (κ1) is 9.65. The number of hydrogen-bond donors (Lipinski definition) is 0. The molecule has 0 unspecified atom stereocenters. The third kappa shape index (κ3) is 2.13. The van der Waals surface area contributed by atoms with Crippen LogP contribution >= 0.6 is 0 Å². The topological polar surface area (TPSA) is 39.2 Å². The molecule has 0 aliphatic carbocycles. The SMILES string of the molecule is COC(=O)Cc1ccc2ccccc2n1. The summed E-state index contributed by atoms with van der Waals surface area (Å²) in [5, 5.41) is 1.08. The standard InChI is InChI=1S/C12H11NO2/c1-15-12(14)8-10-7-6-9-4-2-3-5-11(9)13-10/h2-7H,8H2,1H3. The highest BCUT2D eigenvalue weighted by Gasteiger charge is 2.04. The number of aromatic nitrogens is 1. The van der Waals surface area contributed by atoms with Crippen LogP contribution in [0.4, 0.5) is 0 Å². The number of para-hydroxylation sites is 1. The highest BCUT2D eigenvalue weighted by molar-refractivity contribution is 5.79. The number of esters is 1. The van der Waals surface area contributed by atoms with E-state index in [2.05, 4.69) is 9.72 Å². The molecule has 76 valence electrons. The minimum atomic E-state index is -0.266. The fraction of sp³-hybridized carbons (Fsp3) is 0.167. The number of pyridine rings is 1. The zero-order chi connectivity index (χ0) is 10.7. The van der Waals surface area contributed by atoms with E-state index in [9.17, 15) is 4.79 Å². The van der Waals surface area contributed by atoms with Gasteiger partial charge in [-0.05, 0) is 12.1 Å². The second kappa shape index (κ2) is 4.09. The van der Waals surface area contributed by atoms with Crippen molar-refractivity contribution >= 4 is 16.9 Å². The van der Waals surface area contributed by atoms with E-state index < -0.39 is 0 Å². The molecule has 0 N–H and O–H groups in total. The zero-order valence-corrected chi connectivity index (χ0v) is 8.43. The summed E-state index contributed by atoms with van der Waals surface area (Å²) < 4.78 is 4.59. The van der Waals surface area contributed by atoms with E-state index in [-0.39, 0.29) is 12.4 Å². The smallest absolute Gasteiger partial charge is 0.311 e. The summed E-state index contributed by atoms with van der Waals surface area (Å²) in [6.07, 6.45) is 0.224. The lowest BCUT2D eigenvalue weighted by Gasteiger charge is -2.01. The molecule has 2 aromatic rings. The molecule has 1 aromatic carbocycles. The van der Waals surface area contributed by atoms with Crippen LogP contribution in [0.1, 0.15) is 5.69 Å². The van der Waals surface area contributed by atoms with Crippen molar-refractivity contribution in [2.45, 2.75) is 6.42 Å². The molecular weight excluding hydrogens is 190 g/mol. The Labute approximate surface area is 87.7 Å². The molecule has 0 saturated carbocycles. The predicted octanol–water partition coefficient (Wildman–Crippen LogP) is 1.95. The van der Waals surface area contributed by atoms with Crippen molar-refractivity contribution in [1.82, 2.24) is 4.98 Å². The number of ether oxygens (including phenoxy) is 1. The van der Waals surface area contributed by atoms with Gasteiger partial charge < -0.3 is 4.74 Å². The first-order valence-corrected chi connectivity index (χ1v) is 4.71. The van der Waals surface area contributed by atoms with Crippen molar-refractivity contribution in [2.75, 3.05) is 7.11 Å². The van der Waals surface area contributed by atoms with Gasteiger partial charge in [0.2, 0.25) is 0 Å². The minimum Gasteiger partial charge on any atom is -0.469 e. The second-order valence-electron chi connectivity index (χ2n) is 3.25. The summed E-state index contributed by atoms with van der Waals surface area (Å²) in [5.74, 6) is -0.266. The molecule has 3 heteroatoms. The Balaban J connectivity index is 2.34. The third-order valence-corrected chi connectivity index (χ3v) is 2.21. The van der Waals surface area contributed by atoms with Crippen LogP contribution in [0, 0.1) is 0 Å². The van der Waals surface area contributed by atoms with E-state index in [0.29, 0.717) is 0 Å². The van der Waals surface area contributed by atoms with Gasteiger partial charge in [-0.2, -0.15) is 0 Å². The minimum absolute atomic E-state index is 0.224. The molecule has 15 heavy (non-hydrogen) atoms. The fourth-order valence-corrected chi connectivity index (χ4v) is 1.43. The first-order chi connectivity index (χ1) is 7.29. The van der Waals surface area contributed by atoms with Crippen molar-refractivity contribution in [3.05, 3.63) is 42.1 Å². The molecule has 0 spiro atoms. The Morgan fingerprint density at radius 1 is 1.27 bits per heavy atom. The number of rotatable bonds is 2. The predicted molar refractivity (Wildman–Crippen MR) is 57.5 cm³/mol. The summed E-state index contributed by atoms with van der Waals surface area (Å²) in [6, 6.07) is 11.6.